The predicted molar refractivity (Wildman–Crippen MR) is 115 cm³/mol. The number of aryl methyl sites for hydroxylation is 1. The van der Waals surface area contributed by atoms with E-state index in [1.807, 2.05) is 25.1 Å². The van der Waals surface area contributed by atoms with E-state index in [2.05, 4.69) is 21.7 Å². The summed E-state index contributed by atoms with van der Waals surface area (Å²) in [6.45, 7) is 2.85. The van der Waals surface area contributed by atoms with E-state index in [1.54, 1.807) is 11.3 Å². The second-order valence-electron chi connectivity index (χ2n) is 8.05. The van der Waals surface area contributed by atoms with Gasteiger partial charge in [0, 0.05) is 6.54 Å². The molecule has 0 aliphatic heterocycles. The minimum atomic E-state index is -0.809. The fourth-order valence-corrected chi connectivity index (χ4v) is 4.91. The van der Waals surface area contributed by atoms with Gasteiger partial charge in [-0.15, -0.1) is 11.3 Å². The number of nitrogens with zero attached hydrogens (tertiary/aromatic N) is 3. The summed E-state index contributed by atoms with van der Waals surface area (Å²) in [4.78, 5) is 14.2. The number of benzene rings is 1. The third kappa shape index (κ3) is 3.80. The Morgan fingerprint density at radius 1 is 1.07 bits per heavy atom. The fraction of sp³-hybridized carbons (Fsp3) is 0.476. The van der Waals surface area contributed by atoms with Crippen molar-refractivity contribution in [3.8, 4) is 10.6 Å². The normalized spacial score (nSPS) is 24.2. The molecule has 0 saturated heterocycles. The molecule has 1 unspecified atom stereocenters. The van der Waals surface area contributed by atoms with Crippen molar-refractivity contribution in [3.63, 3.8) is 0 Å². The maximum absolute atomic E-state index is 10.3. The van der Waals surface area contributed by atoms with Crippen LogP contribution >= 0.6 is 11.3 Å². The lowest BCUT2D eigenvalue weighted by molar-refractivity contribution is 0.0391. The standard InChI is InChI=1S/C21H25N5O2S/c1-11-17(20-25-13-4-2-3-5-16(13)29-20)19(24-14-8-9-15(27)18(14)28)26-21(23-11)22-10-12-6-7-12/h2-5,12,14-15,18,27-28H,6-10H2,1H3,(H2,22,23,24,26)/t14-,15-,18?/m1/s1. The summed E-state index contributed by atoms with van der Waals surface area (Å²) < 4.78 is 1.11. The molecule has 2 fully saturated rings. The molecular weight excluding hydrogens is 386 g/mol. The van der Waals surface area contributed by atoms with Gasteiger partial charge in [0.1, 0.15) is 10.8 Å². The number of hydrogen-bond donors (Lipinski definition) is 4. The lowest BCUT2D eigenvalue weighted by atomic mass is 10.1. The molecule has 152 valence electrons. The summed E-state index contributed by atoms with van der Waals surface area (Å²) in [5, 5.41) is 27.9. The number of aliphatic hydroxyl groups excluding tert-OH is 2. The molecule has 2 heterocycles. The van der Waals surface area contributed by atoms with Crippen molar-refractivity contribution < 1.29 is 10.2 Å². The zero-order valence-electron chi connectivity index (χ0n) is 16.3. The van der Waals surface area contributed by atoms with Crippen LogP contribution in [0, 0.1) is 12.8 Å². The minimum absolute atomic E-state index is 0.247. The number of para-hydroxylation sites is 1. The van der Waals surface area contributed by atoms with Crippen molar-refractivity contribution >= 4 is 33.3 Å². The summed E-state index contributed by atoms with van der Waals surface area (Å²) in [7, 11) is 0. The van der Waals surface area contributed by atoms with Crippen molar-refractivity contribution in [1.29, 1.82) is 0 Å². The van der Waals surface area contributed by atoms with Gasteiger partial charge in [-0.3, -0.25) is 0 Å². The molecule has 29 heavy (non-hydrogen) atoms. The van der Waals surface area contributed by atoms with Crippen molar-refractivity contribution in [2.75, 3.05) is 17.2 Å². The van der Waals surface area contributed by atoms with Gasteiger partial charge in [0.15, 0.2) is 0 Å². The van der Waals surface area contributed by atoms with Crippen LogP contribution in [0.4, 0.5) is 11.8 Å². The van der Waals surface area contributed by atoms with E-state index in [4.69, 9.17) is 9.97 Å². The third-order valence-corrected chi connectivity index (χ3v) is 6.80. The number of nitrogens with one attached hydrogen (secondary N) is 2. The van der Waals surface area contributed by atoms with E-state index < -0.39 is 12.2 Å². The Bertz CT molecular complexity index is 1000. The van der Waals surface area contributed by atoms with E-state index in [9.17, 15) is 10.2 Å². The maximum atomic E-state index is 10.3. The smallest absolute Gasteiger partial charge is 0.224 e. The monoisotopic (exact) mass is 411 g/mol. The molecular formula is C21H25N5O2S. The maximum Gasteiger partial charge on any atom is 0.224 e. The van der Waals surface area contributed by atoms with E-state index >= 15 is 0 Å². The first-order valence-electron chi connectivity index (χ1n) is 10.2. The third-order valence-electron chi connectivity index (χ3n) is 5.75. The van der Waals surface area contributed by atoms with Crippen molar-refractivity contribution in [2.45, 2.75) is 50.9 Å². The molecule has 7 nitrogen and oxygen atoms in total. The molecule has 2 saturated carbocycles. The Morgan fingerprint density at radius 2 is 1.90 bits per heavy atom. The Labute approximate surface area is 173 Å². The summed E-state index contributed by atoms with van der Waals surface area (Å²) in [5.41, 5.74) is 2.65. The van der Waals surface area contributed by atoms with Gasteiger partial charge in [0.2, 0.25) is 5.95 Å². The molecule has 2 aliphatic rings. The number of rotatable bonds is 6. The zero-order valence-corrected chi connectivity index (χ0v) is 17.1. The molecule has 0 spiro atoms. The SMILES string of the molecule is Cc1nc(NCC2CC2)nc(N[C@@H]2CC[C@@H](O)C2O)c1-c1nc2ccccc2s1. The van der Waals surface area contributed by atoms with Gasteiger partial charge < -0.3 is 20.8 Å². The number of thiazole rings is 1. The average molecular weight is 412 g/mol. The first kappa shape index (κ1) is 18.7. The van der Waals surface area contributed by atoms with Gasteiger partial charge in [0.05, 0.1) is 39.7 Å². The van der Waals surface area contributed by atoms with Crippen molar-refractivity contribution in [1.82, 2.24) is 15.0 Å². The van der Waals surface area contributed by atoms with E-state index in [0.717, 1.165) is 33.0 Å². The molecule has 0 amide bonds. The molecule has 3 aromatic rings. The summed E-state index contributed by atoms with van der Waals surface area (Å²) >= 11 is 1.61. The van der Waals surface area contributed by atoms with E-state index in [1.165, 1.54) is 12.8 Å². The molecule has 4 N–H and O–H groups in total. The van der Waals surface area contributed by atoms with Gasteiger partial charge in [-0.05, 0) is 50.7 Å². The Balaban J connectivity index is 1.53. The number of aliphatic hydroxyl groups is 2. The molecule has 8 heteroatoms. The van der Waals surface area contributed by atoms with Crippen LogP contribution in [0.3, 0.4) is 0 Å². The molecule has 5 rings (SSSR count). The quantitative estimate of drug-likeness (QED) is 0.494. The highest BCUT2D eigenvalue weighted by atomic mass is 32.1. The Morgan fingerprint density at radius 3 is 2.62 bits per heavy atom. The Hall–Kier alpha value is -2.29. The van der Waals surface area contributed by atoms with Gasteiger partial charge in [-0.2, -0.15) is 4.98 Å². The number of anilines is 2. The second kappa shape index (κ2) is 7.51. The van der Waals surface area contributed by atoms with Crippen LogP contribution in [0.1, 0.15) is 31.4 Å². The van der Waals surface area contributed by atoms with Crippen LogP contribution in [0.5, 0.6) is 0 Å². The lowest BCUT2D eigenvalue weighted by Crippen LogP contribution is -2.34. The van der Waals surface area contributed by atoms with E-state index in [0.29, 0.717) is 30.5 Å². The lowest BCUT2D eigenvalue weighted by Gasteiger charge is -2.21. The molecule has 2 aliphatic carbocycles. The Kier molecular flexibility index (Phi) is 4.85. The van der Waals surface area contributed by atoms with Crippen LogP contribution in [-0.4, -0.2) is 50.0 Å². The zero-order chi connectivity index (χ0) is 20.0. The number of fused-ring (bicyclic) bond motifs is 1. The van der Waals surface area contributed by atoms with Crippen LogP contribution < -0.4 is 10.6 Å². The molecule has 0 radical (unpaired) electrons. The van der Waals surface area contributed by atoms with Crippen LogP contribution in [0.25, 0.3) is 20.8 Å². The van der Waals surface area contributed by atoms with Crippen LogP contribution in [0.2, 0.25) is 0 Å². The molecule has 0 bridgehead atoms. The van der Waals surface area contributed by atoms with Gasteiger partial charge in [-0.1, -0.05) is 12.1 Å². The summed E-state index contributed by atoms with van der Waals surface area (Å²) in [6, 6.07) is 7.80. The van der Waals surface area contributed by atoms with Crippen molar-refractivity contribution in [3.05, 3.63) is 30.0 Å². The highest BCUT2D eigenvalue weighted by molar-refractivity contribution is 7.21. The van der Waals surface area contributed by atoms with Gasteiger partial charge >= 0.3 is 0 Å². The van der Waals surface area contributed by atoms with Crippen molar-refractivity contribution in [2.24, 2.45) is 5.92 Å². The topological polar surface area (TPSA) is 103 Å². The number of aromatic nitrogens is 3. The predicted octanol–water partition coefficient (Wildman–Crippen LogP) is 3.18. The van der Waals surface area contributed by atoms with Crippen LogP contribution in [-0.2, 0) is 0 Å². The number of hydrogen-bond acceptors (Lipinski definition) is 8. The second-order valence-corrected chi connectivity index (χ2v) is 9.08. The molecule has 2 aromatic heterocycles. The summed E-state index contributed by atoms with van der Waals surface area (Å²) in [6.07, 6.45) is 2.27. The molecule has 3 atom stereocenters. The van der Waals surface area contributed by atoms with E-state index in [-0.39, 0.29) is 6.04 Å². The summed E-state index contributed by atoms with van der Waals surface area (Å²) in [5.74, 6) is 1.97. The largest absolute Gasteiger partial charge is 0.390 e. The van der Waals surface area contributed by atoms with Crippen LogP contribution in [0.15, 0.2) is 24.3 Å². The minimum Gasteiger partial charge on any atom is -0.390 e. The first-order chi connectivity index (χ1) is 14.1. The highest BCUT2D eigenvalue weighted by Crippen LogP contribution is 2.37. The molecule has 1 aromatic carbocycles. The highest BCUT2D eigenvalue weighted by Gasteiger charge is 2.34. The fourth-order valence-electron chi connectivity index (χ4n) is 3.84. The first-order valence-corrected chi connectivity index (χ1v) is 11.0. The van der Waals surface area contributed by atoms with Gasteiger partial charge in [-0.25, -0.2) is 9.97 Å². The average Bonchev–Trinajstić information content (AvgIpc) is 3.37. The van der Waals surface area contributed by atoms with Gasteiger partial charge in [0.25, 0.3) is 0 Å².